The van der Waals surface area contributed by atoms with Crippen LogP contribution in [0, 0.1) is 0 Å². The number of carbonyl (C=O) groups excluding carboxylic acids is 2. The number of fused-ring (bicyclic) bond motifs is 1. The fourth-order valence-corrected chi connectivity index (χ4v) is 2.10. The van der Waals surface area contributed by atoms with E-state index in [0.29, 0.717) is 17.5 Å². The zero-order chi connectivity index (χ0) is 17.7. The summed E-state index contributed by atoms with van der Waals surface area (Å²) in [6, 6.07) is 3.58. The Balaban J connectivity index is 2.07. The van der Waals surface area contributed by atoms with Crippen molar-refractivity contribution in [2.75, 3.05) is 13.7 Å². The van der Waals surface area contributed by atoms with E-state index in [0.717, 1.165) is 11.1 Å². The molecule has 0 saturated heterocycles. The van der Waals surface area contributed by atoms with E-state index in [1.165, 1.54) is 7.11 Å². The van der Waals surface area contributed by atoms with Gasteiger partial charge in [-0.05, 0) is 38.5 Å². The Morgan fingerprint density at radius 3 is 2.75 bits per heavy atom. The van der Waals surface area contributed by atoms with Crippen molar-refractivity contribution >= 4 is 29.0 Å². The minimum atomic E-state index is -0.533. The van der Waals surface area contributed by atoms with Crippen LogP contribution in [-0.2, 0) is 9.47 Å². The number of nitrogens with one attached hydrogen (secondary N) is 2. The van der Waals surface area contributed by atoms with Crippen LogP contribution in [0.15, 0.2) is 24.4 Å². The topological polar surface area (TPSA) is 93.3 Å². The summed E-state index contributed by atoms with van der Waals surface area (Å²) in [6.07, 6.45) is 4.66. The standard InChI is InChI=1S/C17H21N3O4/c1-17(2,3)24-16(22)18-7-5-6-11-8-12(15(21)23-4)13-10-19-20-14(13)9-11/h5-6,8-10H,7H2,1-4H3,(H,18,22)(H,19,20). The van der Waals surface area contributed by atoms with Crippen LogP contribution >= 0.6 is 0 Å². The van der Waals surface area contributed by atoms with Gasteiger partial charge in [-0.1, -0.05) is 12.2 Å². The summed E-state index contributed by atoms with van der Waals surface area (Å²) in [5.74, 6) is -0.427. The van der Waals surface area contributed by atoms with Crippen LogP contribution in [-0.4, -0.2) is 41.5 Å². The molecule has 7 heteroatoms. The molecular formula is C17H21N3O4. The van der Waals surface area contributed by atoms with Crippen LogP contribution in [0.4, 0.5) is 4.79 Å². The minimum absolute atomic E-state index is 0.309. The third-order valence-corrected chi connectivity index (χ3v) is 3.06. The van der Waals surface area contributed by atoms with E-state index in [2.05, 4.69) is 15.5 Å². The highest BCUT2D eigenvalue weighted by Gasteiger charge is 2.15. The molecule has 0 aliphatic heterocycles. The summed E-state index contributed by atoms with van der Waals surface area (Å²) in [6.45, 7) is 5.71. The Morgan fingerprint density at radius 1 is 1.33 bits per heavy atom. The lowest BCUT2D eigenvalue weighted by Crippen LogP contribution is -2.32. The first-order valence-electron chi connectivity index (χ1n) is 7.49. The highest BCUT2D eigenvalue weighted by Crippen LogP contribution is 2.20. The summed E-state index contributed by atoms with van der Waals surface area (Å²) in [5.41, 5.74) is 1.42. The maximum absolute atomic E-state index is 11.9. The fourth-order valence-electron chi connectivity index (χ4n) is 2.10. The fraction of sp³-hybridized carbons (Fsp3) is 0.353. The molecular weight excluding hydrogens is 310 g/mol. The molecule has 128 valence electrons. The number of H-pyrrole nitrogens is 1. The molecule has 0 fully saturated rings. The Labute approximate surface area is 140 Å². The largest absolute Gasteiger partial charge is 0.465 e. The van der Waals surface area contributed by atoms with E-state index in [4.69, 9.17) is 9.47 Å². The molecule has 1 heterocycles. The van der Waals surface area contributed by atoms with Crippen LogP contribution in [0.25, 0.3) is 17.0 Å². The Kier molecular flexibility index (Phi) is 5.23. The summed E-state index contributed by atoms with van der Waals surface area (Å²) in [5, 5.41) is 10.1. The van der Waals surface area contributed by atoms with Crippen LogP contribution in [0.3, 0.4) is 0 Å². The van der Waals surface area contributed by atoms with Crippen LogP contribution < -0.4 is 5.32 Å². The average Bonchev–Trinajstić information content (AvgIpc) is 2.96. The highest BCUT2D eigenvalue weighted by molar-refractivity contribution is 6.04. The van der Waals surface area contributed by atoms with Crippen molar-refractivity contribution in [3.05, 3.63) is 35.5 Å². The number of amides is 1. The van der Waals surface area contributed by atoms with Crippen LogP contribution in [0.2, 0.25) is 0 Å². The zero-order valence-corrected chi connectivity index (χ0v) is 14.2. The number of methoxy groups -OCH3 is 1. The third-order valence-electron chi connectivity index (χ3n) is 3.06. The van der Waals surface area contributed by atoms with E-state index in [1.807, 2.05) is 6.07 Å². The number of benzene rings is 1. The molecule has 24 heavy (non-hydrogen) atoms. The minimum Gasteiger partial charge on any atom is -0.465 e. The van der Waals surface area contributed by atoms with Gasteiger partial charge in [-0.25, -0.2) is 9.59 Å². The van der Waals surface area contributed by atoms with Gasteiger partial charge < -0.3 is 14.8 Å². The molecule has 0 saturated carbocycles. The predicted octanol–water partition coefficient (Wildman–Crippen LogP) is 2.89. The van der Waals surface area contributed by atoms with Gasteiger partial charge in [0.2, 0.25) is 0 Å². The second kappa shape index (κ2) is 7.16. The lowest BCUT2D eigenvalue weighted by molar-refractivity contribution is 0.0532. The van der Waals surface area contributed by atoms with Gasteiger partial charge in [0.25, 0.3) is 0 Å². The summed E-state index contributed by atoms with van der Waals surface area (Å²) >= 11 is 0. The number of aromatic amines is 1. The van der Waals surface area contributed by atoms with Crippen LogP contribution in [0.1, 0.15) is 36.7 Å². The molecule has 2 rings (SSSR count). The molecule has 0 radical (unpaired) electrons. The molecule has 2 aromatic rings. The average molecular weight is 331 g/mol. The Bertz CT molecular complexity index is 772. The van der Waals surface area contributed by atoms with Crippen molar-refractivity contribution in [2.24, 2.45) is 0 Å². The quantitative estimate of drug-likeness (QED) is 0.840. The number of aromatic nitrogens is 2. The number of ether oxygens (including phenoxy) is 2. The van der Waals surface area contributed by atoms with Crippen molar-refractivity contribution in [3.63, 3.8) is 0 Å². The molecule has 0 aliphatic rings. The molecule has 7 nitrogen and oxygen atoms in total. The van der Waals surface area contributed by atoms with Crippen molar-refractivity contribution < 1.29 is 19.1 Å². The maximum atomic E-state index is 11.9. The van der Waals surface area contributed by atoms with Gasteiger partial charge in [0.1, 0.15) is 5.60 Å². The van der Waals surface area contributed by atoms with Gasteiger partial charge in [-0.15, -0.1) is 0 Å². The molecule has 0 bridgehead atoms. The van der Waals surface area contributed by atoms with Gasteiger partial charge in [0.15, 0.2) is 0 Å². The number of esters is 1. The first kappa shape index (κ1) is 17.5. The third kappa shape index (κ3) is 4.58. The number of hydrogen-bond donors (Lipinski definition) is 2. The molecule has 1 aromatic heterocycles. The summed E-state index contributed by atoms with van der Waals surface area (Å²) < 4.78 is 9.94. The van der Waals surface area contributed by atoms with Crippen molar-refractivity contribution in [1.82, 2.24) is 15.5 Å². The van der Waals surface area contributed by atoms with Crippen molar-refractivity contribution in [3.8, 4) is 0 Å². The molecule has 0 unspecified atom stereocenters. The van der Waals surface area contributed by atoms with E-state index < -0.39 is 17.7 Å². The second-order valence-electron chi connectivity index (χ2n) is 6.18. The maximum Gasteiger partial charge on any atom is 0.407 e. The van der Waals surface area contributed by atoms with Gasteiger partial charge >= 0.3 is 12.1 Å². The zero-order valence-electron chi connectivity index (χ0n) is 14.2. The van der Waals surface area contributed by atoms with Crippen LogP contribution in [0.5, 0.6) is 0 Å². The summed E-state index contributed by atoms with van der Waals surface area (Å²) in [4.78, 5) is 23.4. The number of alkyl carbamates (subject to hydrolysis) is 1. The lowest BCUT2D eigenvalue weighted by Gasteiger charge is -2.19. The summed E-state index contributed by atoms with van der Waals surface area (Å²) in [7, 11) is 1.33. The molecule has 0 spiro atoms. The predicted molar refractivity (Wildman–Crippen MR) is 90.7 cm³/mol. The SMILES string of the molecule is COC(=O)c1cc(C=CCNC(=O)OC(C)(C)C)cc2[nH]ncc12. The Morgan fingerprint density at radius 2 is 2.08 bits per heavy atom. The number of hydrogen-bond acceptors (Lipinski definition) is 5. The normalized spacial score (nSPS) is 11.7. The number of rotatable bonds is 4. The molecule has 0 atom stereocenters. The first-order chi connectivity index (χ1) is 11.3. The molecule has 2 N–H and O–H groups in total. The molecule has 1 aromatic carbocycles. The van der Waals surface area contributed by atoms with Crippen molar-refractivity contribution in [2.45, 2.75) is 26.4 Å². The van der Waals surface area contributed by atoms with Gasteiger partial charge in [-0.3, -0.25) is 5.10 Å². The molecule has 0 aliphatic carbocycles. The van der Waals surface area contributed by atoms with E-state index >= 15 is 0 Å². The Hall–Kier alpha value is -2.83. The van der Waals surface area contributed by atoms with Gasteiger partial charge in [-0.2, -0.15) is 5.10 Å². The van der Waals surface area contributed by atoms with E-state index in [1.54, 1.807) is 45.2 Å². The number of carbonyl (C=O) groups is 2. The van der Waals surface area contributed by atoms with Gasteiger partial charge in [0.05, 0.1) is 24.4 Å². The van der Waals surface area contributed by atoms with Gasteiger partial charge in [0, 0.05) is 11.9 Å². The smallest absolute Gasteiger partial charge is 0.407 e. The highest BCUT2D eigenvalue weighted by atomic mass is 16.6. The monoisotopic (exact) mass is 331 g/mol. The molecule has 1 amide bonds. The first-order valence-corrected chi connectivity index (χ1v) is 7.49. The van der Waals surface area contributed by atoms with E-state index in [9.17, 15) is 9.59 Å². The second-order valence-corrected chi connectivity index (χ2v) is 6.18. The van der Waals surface area contributed by atoms with Crippen molar-refractivity contribution in [1.29, 1.82) is 0 Å². The van der Waals surface area contributed by atoms with E-state index in [-0.39, 0.29) is 0 Å². The number of nitrogens with zero attached hydrogens (tertiary/aromatic N) is 1. The lowest BCUT2D eigenvalue weighted by atomic mass is 10.1.